The lowest BCUT2D eigenvalue weighted by molar-refractivity contribution is 0.104. The minimum absolute atomic E-state index is 0.164. The van der Waals surface area contributed by atoms with Gasteiger partial charge in [0, 0.05) is 22.2 Å². The molecule has 0 bridgehead atoms. The number of para-hydroxylation sites is 1. The molecule has 0 fully saturated rings. The molecule has 2 aromatic carbocycles. The summed E-state index contributed by atoms with van der Waals surface area (Å²) in [6, 6.07) is 14.5. The Kier molecular flexibility index (Phi) is 4.23. The fraction of sp³-hybridized carbons (Fsp3) is 0. The van der Waals surface area contributed by atoms with Crippen molar-refractivity contribution in [1.29, 1.82) is 0 Å². The van der Waals surface area contributed by atoms with Gasteiger partial charge in [-0.25, -0.2) is 0 Å². The molecule has 0 spiro atoms. The third kappa shape index (κ3) is 3.03. The lowest BCUT2D eigenvalue weighted by atomic mass is 10.1. The van der Waals surface area contributed by atoms with Gasteiger partial charge in [0.25, 0.3) is 0 Å². The third-order valence-corrected chi connectivity index (χ3v) is 3.84. The van der Waals surface area contributed by atoms with Gasteiger partial charge in [-0.3, -0.25) is 9.78 Å². The number of rotatable bonds is 3. The molecule has 0 atom stereocenters. The normalized spacial score (nSPS) is 11.2. The first-order valence-corrected chi connectivity index (χ1v) is 7.42. The van der Waals surface area contributed by atoms with Gasteiger partial charge in [-0.2, -0.15) is 0 Å². The fourth-order valence-electron chi connectivity index (χ4n) is 2.21. The van der Waals surface area contributed by atoms with E-state index in [4.69, 9.17) is 23.2 Å². The molecule has 0 unspecified atom stereocenters. The number of nitrogens with zero attached hydrogens (tertiary/aromatic N) is 1. The van der Waals surface area contributed by atoms with Gasteiger partial charge < -0.3 is 0 Å². The van der Waals surface area contributed by atoms with E-state index in [1.807, 2.05) is 30.3 Å². The number of pyridine rings is 1. The molecule has 0 saturated carbocycles. The van der Waals surface area contributed by atoms with Crippen molar-refractivity contribution in [3.8, 4) is 0 Å². The zero-order valence-corrected chi connectivity index (χ0v) is 13.0. The summed E-state index contributed by atoms with van der Waals surface area (Å²) in [4.78, 5) is 16.6. The summed E-state index contributed by atoms with van der Waals surface area (Å²) >= 11 is 11.9. The summed E-state index contributed by atoms with van der Waals surface area (Å²) < 4.78 is 0. The molecule has 0 saturated heterocycles. The molecule has 0 aliphatic carbocycles. The van der Waals surface area contributed by atoms with Crippen molar-refractivity contribution >= 4 is 46.0 Å². The van der Waals surface area contributed by atoms with Crippen molar-refractivity contribution in [1.82, 2.24) is 4.98 Å². The predicted molar refractivity (Wildman–Crippen MR) is 91.6 cm³/mol. The highest BCUT2D eigenvalue weighted by atomic mass is 35.5. The van der Waals surface area contributed by atoms with Crippen LogP contribution in [0.15, 0.2) is 60.8 Å². The number of hydrogen-bond donors (Lipinski definition) is 0. The molecule has 3 aromatic rings. The van der Waals surface area contributed by atoms with Gasteiger partial charge in [0.2, 0.25) is 0 Å². The SMILES string of the molecule is O=C(C=Cc1ccnc2ccccc12)c1ccc(Cl)cc1Cl. The summed E-state index contributed by atoms with van der Waals surface area (Å²) in [7, 11) is 0. The molecule has 4 heteroatoms. The molecule has 0 aliphatic rings. The van der Waals surface area contributed by atoms with E-state index in [1.165, 1.54) is 6.08 Å². The number of allylic oxidation sites excluding steroid dienone is 1. The van der Waals surface area contributed by atoms with Gasteiger partial charge in [-0.15, -0.1) is 0 Å². The number of hydrogen-bond acceptors (Lipinski definition) is 2. The number of carbonyl (C=O) groups is 1. The highest BCUT2D eigenvalue weighted by Gasteiger charge is 2.08. The number of benzene rings is 2. The van der Waals surface area contributed by atoms with E-state index in [1.54, 1.807) is 30.5 Å². The molecule has 108 valence electrons. The zero-order valence-electron chi connectivity index (χ0n) is 11.5. The van der Waals surface area contributed by atoms with Crippen LogP contribution in [0.2, 0.25) is 10.0 Å². The quantitative estimate of drug-likeness (QED) is 0.473. The van der Waals surface area contributed by atoms with E-state index in [9.17, 15) is 4.79 Å². The number of fused-ring (bicyclic) bond motifs is 1. The van der Waals surface area contributed by atoms with Crippen LogP contribution >= 0.6 is 23.2 Å². The molecule has 1 aromatic heterocycles. The smallest absolute Gasteiger partial charge is 0.187 e. The van der Waals surface area contributed by atoms with Crippen LogP contribution in [0.3, 0.4) is 0 Å². The fourth-order valence-corrected chi connectivity index (χ4v) is 2.71. The van der Waals surface area contributed by atoms with Gasteiger partial charge in [0.15, 0.2) is 5.78 Å². The van der Waals surface area contributed by atoms with Crippen LogP contribution in [0, 0.1) is 0 Å². The first-order valence-electron chi connectivity index (χ1n) is 6.66. The Balaban J connectivity index is 1.94. The van der Waals surface area contributed by atoms with Crippen molar-refractivity contribution in [2.45, 2.75) is 0 Å². The number of carbonyl (C=O) groups excluding carboxylic acids is 1. The topological polar surface area (TPSA) is 30.0 Å². The Labute approximate surface area is 138 Å². The summed E-state index contributed by atoms with van der Waals surface area (Å²) in [5.41, 5.74) is 2.26. The second kappa shape index (κ2) is 6.30. The Morgan fingerprint density at radius 2 is 1.86 bits per heavy atom. The van der Waals surface area contributed by atoms with Gasteiger partial charge >= 0.3 is 0 Å². The summed E-state index contributed by atoms with van der Waals surface area (Å²) in [5, 5.41) is 1.85. The number of ketones is 1. The van der Waals surface area contributed by atoms with Crippen LogP contribution < -0.4 is 0 Å². The highest BCUT2D eigenvalue weighted by molar-refractivity contribution is 6.37. The maximum Gasteiger partial charge on any atom is 0.187 e. The molecule has 22 heavy (non-hydrogen) atoms. The first kappa shape index (κ1) is 14.8. The maximum atomic E-state index is 12.3. The van der Waals surface area contributed by atoms with Crippen LogP contribution in [0.5, 0.6) is 0 Å². The molecule has 0 radical (unpaired) electrons. The average molecular weight is 328 g/mol. The molecule has 1 heterocycles. The first-order chi connectivity index (χ1) is 10.6. The van der Waals surface area contributed by atoms with Crippen LogP contribution in [0.4, 0.5) is 0 Å². The molecular weight excluding hydrogens is 317 g/mol. The largest absolute Gasteiger partial charge is 0.289 e. The Morgan fingerprint density at radius 1 is 1.05 bits per heavy atom. The molecule has 0 aliphatic heterocycles. The van der Waals surface area contributed by atoms with Crippen LogP contribution in [-0.4, -0.2) is 10.8 Å². The molecule has 2 nitrogen and oxygen atoms in total. The molecule has 0 amide bonds. The molecule has 0 N–H and O–H groups in total. The second-order valence-electron chi connectivity index (χ2n) is 4.74. The zero-order chi connectivity index (χ0) is 15.5. The summed E-state index contributed by atoms with van der Waals surface area (Å²) in [6.07, 6.45) is 5.01. The number of aromatic nitrogens is 1. The van der Waals surface area contributed by atoms with Gasteiger partial charge in [0.1, 0.15) is 0 Å². The minimum atomic E-state index is -0.164. The van der Waals surface area contributed by atoms with Gasteiger partial charge in [-0.1, -0.05) is 47.5 Å². The van der Waals surface area contributed by atoms with Crippen molar-refractivity contribution in [3.63, 3.8) is 0 Å². The lowest BCUT2D eigenvalue weighted by Gasteiger charge is -2.02. The summed E-state index contributed by atoms with van der Waals surface area (Å²) in [5.74, 6) is -0.164. The lowest BCUT2D eigenvalue weighted by Crippen LogP contribution is -1.95. The monoisotopic (exact) mass is 327 g/mol. The second-order valence-corrected chi connectivity index (χ2v) is 5.58. The van der Waals surface area contributed by atoms with Crippen LogP contribution in [0.25, 0.3) is 17.0 Å². The summed E-state index contributed by atoms with van der Waals surface area (Å²) in [6.45, 7) is 0. The van der Waals surface area contributed by atoms with Crippen molar-refractivity contribution in [3.05, 3.63) is 82.0 Å². The maximum absolute atomic E-state index is 12.3. The Bertz CT molecular complexity index is 882. The van der Waals surface area contributed by atoms with Crippen molar-refractivity contribution < 1.29 is 4.79 Å². The predicted octanol–water partition coefficient (Wildman–Crippen LogP) is 5.44. The van der Waals surface area contributed by atoms with E-state index in [0.717, 1.165) is 16.5 Å². The van der Waals surface area contributed by atoms with Gasteiger partial charge in [-0.05, 0) is 42.0 Å². The van der Waals surface area contributed by atoms with E-state index >= 15 is 0 Å². The molecular formula is C18H11Cl2NO. The van der Waals surface area contributed by atoms with Crippen molar-refractivity contribution in [2.24, 2.45) is 0 Å². The Morgan fingerprint density at radius 3 is 2.68 bits per heavy atom. The minimum Gasteiger partial charge on any atom is -0.289 e. The third-order valence-electron chi connectivity index (χ3n) is 3.29. The van der Waals surface area contributed by atoms with Crippen LogP contribution in [-0.2, 0) is 0 Å². The van der Waals surface area contributed by atoms with E-state index < -0.39 is 0 Å². The van der Waals surface area contributed by atoms with E-state index in [0.29, 0.717) is 15.6 Å². The number of halogens is 2. The van der Waals surface area contributed by atoms with Crippen LogP contribution in [0.1, 0.15) is 15.9 Å². The molecule has 3 rings (SSSR count). The highest BCUT2D eigenvalue weighted by Crippen LogP contribution is 2.22. The Hall–Kier alpha value is -2.16. The van der Waals surface area contributed by atoms with E-state index in [-0.39, 0.29) is 5.78 Å². The average Bonchev–Trinajstić information content (AvgIpc) is 2.52. The standard InChI is InChI=1S/C18H11Cl2NO/c19-13-6-7-15(16(20)11-13)18(22)8-5-12-9-10-21-17-4-2-1-3-14(12)17/h1-11H. The van der Waals surface area contributed by atoms with Gasteiger partial charge in [0.05, 0.1) is 10.5 Å². The van der Waals surface area contributed by atoms with Crippen molar-refractivity contribution in [2.75, 3.05) is 0 Å². The van der Waals surface area contributed by atoms with E-state index in [2.05, 4.69) is 4.98 Å².